The van der Waals surface area contributed by atoms with Crippen LogP contribution < -0.4 is 5.32 Å². The number of aryl methyl sites for hydroxylation is 1. The number of nitriles is 1. The summed E-state index contributed by atoms with van der Waals surface area (Å²) in [5, 5.41) is 28.6. The zero-order chi connectivity index (χ0) is 14.4. The summed E-state index contributed by atoms with van der Waals surface area (Å²) in [7, 11) is 0. The molecule has 0 amide bonds. The van der Waals surface area contributed by atoms with Gasteiger partial charge in [0.25, 0.3) is 0 Å². The van der Waals surface area contributed by atoms with E-state index >= 15 is 0 Å². The molecule has 0 aliphatic rings. The van der Waals surface area contributed by atoms with Gasteiger partial charge in [0.1, 0.15) is 11.6 Å². The van der Waals surface area contributed by atoms with Gasteiger partial charge in [0, 0.05) is 6.20 Å². The summed E-state index contributed by atoms with van der Waals surface area (Å²) < 4.78 is 0. The smallest absolute Gasteiger partial charge is 0.167 e. The van der Waals surface area contributed by atoms with Gasteiger partial charge in [-0.25, -0.2) is 0 Å². The van der Waals surface area contributed by atoms with Gasteiger partial charge >= 0.3 is 0 Å². The van der Waals surface area contributed by atoms with E-state index in [2.05, 4.69) is 31.8 Å². The quantitative estimate of drug-likeness (QED) is 0.890. The molecule has 0 aliphatic heterocycles. The van der Waals surface area contributed by atoms with Crippen LogP contribution in [0.5, 0.6) is 0 Å². The predicted octanol–water partition coefficient (Wildman–Crippen LogP) is 1.88. The molecule has 2 aromatic rings. The van der Waals surface area contributed by atoms with Crippen LogP contribution in [0.3, 0.4) is 0 Å². The van der Waals surface area contributed by atoms with Gasteiger partial charge in [-0.15, -0.1) is 5.10 Å². The minimum Gasteiger partial charge on any atom is -0.362 e. The highest BCUT2D eigenvalue weighted by Crippen LogP contribution is 2.20. The molecule has 6 nitrogen and oxygen atoms in total. The van der Waals surface area contributed by atoms with E-state index in [1.54, 1.807) is 6.20 Å². The van der Waals surface area contributed by atoms with Gasteiger partial charge in [0.2, 0.25) is 0 Å². The molecule has 2 heterocycles. The van der Waals surface area contributed by atoms with Crippen molar-refractivity contribution in [2.24, 2.45) is 0 Å². The second-order valence-electron chi connectivity index (χ2n) is 4.24. The number of hydrogen-bond donors (Lipinski definition) is 1. The minimum absolute atomic E-state index is 0.464. The third kappa shape index (κ3) is 2.88. The van der Waals surface area contributed by atoms with Gasteiger partial charge in [-0.3, -0.25) is 0 Å². The van der Waals surface area contributed by atoms with E-state index < -0.39 is 0 Å². The summed E-state index contributed by atoms with van der Waals surface area (Å²) >= 11 is 0. The fraction of sp³-hybridized carbons (Fsp3) is 0.357. The van der Waals surface area contributed by atoms with Crippen LogP contribution in [-0.2, 0) is 19.4 Å². The maximum absolute atomic E-state index is 9.36. The highest BCUT2D eigenvalue weighted by molar-refractivity contribution is 5.56. The van der Waals surface area contributed by atoms with Crippen LogP contribution in [0.25, 0.3) is 0 Å². The number of nitrogens with one attached hydrogen (secondary N) is 1. The first-order valence-corrected chi connectivity index (χ1v) is 6.59. The Morgan fingerprint density at radius 2 is 2.05 bits per heavy atom. The van der Waals surface area contributed by atoms with Gasteiger partial charge < -0.3 is 5.32 Å². The lowest BCUT2D eigenvalue weighted by atomic mass is 10.0. The third-order valence-electron chi connectivity index (χ3n) is 3.02. The Morgan fingerprint density at radius 3 is 2.65 bits per heavy atom. The molecule has 0 aromatic carbocycles. The molecule has 0 unspecified atom stereocenters. The molecule has 0 fully saturated rings. The molecule has 0 atom stereocenters. The second-order valence-corrected chi connectivity index (χ2v) is 4.24. The lowest BCUT2D eigenvalue weighted by Gasteiger charge is -2.11. The fourth-order valence-corrected chi connectivity index (χ4v) is 2.02. The van der Waals surface area contributed by atoms with E-state index in [9.17, 15) is 5.26 Å². The molecule has 0 saturated carbocycles. The van der Waals surface area contributed by atoms with E-state index in [-0.39, 0.29) is 0 Å². The Morgan fingerprint density at radius 1 is 1.20 bits per heavy atom. The van der Waals surface area contributed by atoms with Crippen molar-refractivity contribution in [3.63, 3.8) is 0 Å². The monoisotopic (exact) mass is 268 g/mol. The summed E-state index contributed by atoms with van der Waals surface area (Å²) in [6.07, 6.45) is 3.16. The van der Waals surface area contributed by atoms with Crippen LogP contribution >= 0.6 is 0 Å². The van der Waals surface area contributed by atoms with E-state index in [4.69, 9.17) is 0 Å². The maximum atomic E-state index is 9.36. The van der Waals surface area contributed by atoms with E-state index in [0.717, 1.165) is 29.8 Å². The largest absolute Gasteiger partial charge is 0.362 e. The Balaban J connectivity index is 2.26. The van der Waals surface area contributed by atoms with Gasteiger partial charge in [0.05, 0.1) is 17.9 Å². The van der Waals surface area contributed by atoms with Crippen LogP contribution in [0, 0.1) is 11.3 Å². The molecular formula is C14H16N6. The molecule has 102 valence electrons. The molecule has 0 radical (unpaired) electrons. The standard InChI is InChI=1S/C14H16N6/c1-3-11-12(8-15)14(20-19-13(11)4-2)16-9-10-6-5-7-17-18-10/h5-7H,3-4,9H2,1-2H3,(H,16,20). The average Bonchev–Trinajstić information content (AvgIpc) is 2.52. The molecule has 6 heteroatoms. The summed E-state index contributed by atoms with van der Waals surface area (Å²) in [4.78, 5) is 0. The number of anilines is 1. The summed E-state index contributed by atoms with van der Waals surface area (Å²) in [6.45, 7) is 4.49. The summed E-state index contributed by atoms with van der Waals surface area (Å²) in [6, 6.07) is 5.90. The Labute approximate surface area is 117 Å². The lowest BCUT2D eigenvalue weighted by molar-refractivity contribution is 0.860. The van der Waals surface area contributed by atoms with Crippen molar-refractivity contribution in [1.29, 1.82) is 5.26 Å². The molecule has 2 aromatic heterocycles. The highest BCUT2D eigenvalue weighted by atomic mass is 15.2. The number of nitrogens with zero attached hydrogens (tertiary/aromatic N) is 5. The topological polar surface area (TPSA) is 87.4 Å². The molecule has 20 heavy (non-hydrogen) atoms. The van der Waals surface area contributed by atoms with Gasteiger partial charge in [-0.2, -0.15) is 20.6 Å². The average molecular weight is 268 g/mol. The first-order chi connectivity index (χ1) is 9.80. The Kier molecular flexibility index (Phi) is 4.56. The van der Waals surface area contributed by atoms with Crippen molar-refractivity contribution >= 4 is 5.82 Å². The third-order valence-corrected chi connectivity index (χ3v) is 3.02. The summed E-state index contributed by atoms with van der Waals surface area (Å²) in [5.41, 5.74) is 3.21. The van der Waals surface area contributed by atoms with Crippen LogP contribution in [0.15, 0.2) is 18.3 Å². The first kappa shape index (κ1) is 13.9. The normalized spacial score (nSPS) is 10.1. The zero-order valence-corrected chi connectivity index (χ0v) is 11.6. The predicted molar refractivity (Wildman–Crippen MR) is 74.9 cm³/mol. The maximum Gasteiger partial charge on any atom is 0.167 e. The zero-order valence-electron chi connectivity index (χ0n) is 11.6. The second kappa shape index (κ2) is 6.57. The van der Waals surface area contributed by atoms with Crippen LogP contribution in [-0.4, -0.2) is 20.4 Å². The van der Waals surface area contributed by atoms with Gasteiger partial charge in [-0.05, 0) is 30.5 Å². The molecular weight excluding hydrogens is 252 g/mol. The molecule has 0 spiro atoms. The highest BCUT2D eigenvalue weighted by Gasteiger charge is 2.14. The minimum atomic E-state index is 0.464. The number of hydrogen-bond acceptors (Lipinski definition) is 6. The Bertz CT molecular complexity index is 618. The fourth-order valence-electron chi connectivity index (χ4n) is 2.02. The Hall–Kier alpha value is -2.55. The first-order valence-electron chi connectivity index (χ1n) is 6.59. The van der Waals surface area contributed by atoms with Crippen molar-refractivity contribution < 1.29 is 0 Å². The van der Waals surface area contributed by atoms with Gasteiger partial charge in [0.15, 0.2) is 5.82 Å². The van der Waals surface area contributed by atoms with E-state index in [1.165, 1.54) is 0 Å². The molecule has 0 bridgehead atoms. The lowest BCUT2D eigenvalue weighted by Crippen LogP contribution is -2.10. The van der Waals surface area contributed by atoms with Crippen LogP contribution in [0.2, 0.25) is 0 Å². The van der Waals surface area contributed by atoms with Crippen molar-refractivity contribution in [1.82, 2.24) is 20.4 Å². The van der Waals surface area contributed by atoms with E-state index in [0.29, 0.717) is 17.9 Å². The van der Waals surface area contributed by atoms with Crippen molar-refractivity contribution in [3.05, 3.63) is 40.8 Å². The van der Waals surface area contributed by atoms with Gasteiger partial charge in [-0.1, -0.05) is 13.8 Å². The van der Waals surface area contributed by atoms with Crippen molar-refractivity contribution in [3.8, 4) is 6.07 Å². The molecule has 1 N–H and O–H groups in total. The molecule has 2 rings (SSSR count). The van der Waals surface area contributed by atoms with Crippen molar-refractivity contribution in [2.45, 2.75) is 33.2 Å². The van der Waals surface area contributed by atoms with Crippen LogP contribution in [0.1, 0.15) is 36.4 Å². The SMILES string of the molecule is CCc1nnc(NCc2cccnn2)c(C#N)c1CC. The number of aromatic nitrogens is 4. The van der Waals surface area contributed by atoms with Crippen molar-refractivity contribution in [2.75, 3.05) is 5.32 Å². The van der Waals surface area contributed by atoms with Crippen LogP contribution in [0.4, 0.5) is 5.82 Å². The summed E-state index contributed by atoms with van der Waals surface area (Å²) in [5.74, 6) is 0.507. The molecule has 0 saturated heterocycles. The molecule has 0 aliphatic carbocycles. The number of rotatable bonds is 5. The van der Waals surface area contributed by atoms with E-state index in [1.807, 2.05) is 26.0 Å².